The number of esters is 1. The normalized spacial score (nSPS) is 16.3. The van der Waals surface area contributed by atoms with Crippen molar-refractivity contribution in [3.05, 3.63) is 71.3 Å². The topological polar surface area (TPSA) is 43.4 Å². The molecule has 2 aromatic rings. The monoisotopic (exact) mass is 306 g/mol. The molecule has 23 heavy (non-hydrogen) atoms. The van der Waals surface area contributed by atoms with Gasteiger partial charge in [-0.2, -0.15) is 0 Å². The number of Topliss-reactive ketones (excluding diaryl/α,β-unsaturated/α-hetero) is 1. The number of hydrogen-bond acceptors (Lipinski definition) is 3. The van der Waals surface area contributed by atoms with Crippen LogP contribution in [0, 0.1) is 0 Å². The highest BCUT2D eigenvalue weighted by atomic mass is 16.5. The maximum absolute atomic E-state index is 12.0. The second kappa shape index (κ2) is 7.05. The Morgan fingerprint density at radius 2 is 1.61 bits per heavy atom. The molecule has 0 aromatic heterocycles. The Labute approximate surface area is 135 Å². The van der Waals surface area contributed by atoms with E-state index >= 15 is 0 Å². The van der Waals surface area contributed by atoms with Crippen LogP contribution in [0.5, 0.6) is 5.75 Å². The molecule has 1 fully saturated rings. The molecular formula is C20H18O3. The van der Waals surface area contributed by atoms with Crippen molar-refractivity contribution in [2.45, 2.75) is 25.7 Å². The fraction of sp³-hybridized carbons (Fsp3) is 0.200. The quantitative estimate of drug-likeness (QED) is 0.478. The van der Waals surface area contributed by atoms with Crippen LogP contribution in [-0.2, 0) is 4.79 Å². The lowest BCUT2D eigenvalue weighted by Gasteiger charge is -2.12. The van der Waals surface area contributed by atoms with Crippen molar-refractivity contribution in [3.8, 4) is 5.75 Å². The zero-order valence-corrected chi connectivity index (χ0v) is 12.8. The smallest absolute Gasteiger partial charge is 0.343 e. The predicted octanol–water partition coefficient (Wildman–Crippen LogP) is 4.43. The molecule has 116 valence electrons. The van der Waals surface area contributed by atoms with E-state index in [1.54, 1.807) is 36.4 Å². The highest BCUT2D eigenvalue weighted by molar-refractivity contribution is 6.00. The third-order valence-electron chi connectivity index (χ3n) is 3.90. The van der Waals surface area contributed by atoms with Crippen molar-refractivity contribution in [2.75, 3.05) is 0 Å². The Morgan fingerprint density at radius 1 is 0.913 bits per heavy atom. The summed E-state index contributed by atoms with van der Waals surface area (Å²) in [5.74, 6) is 0.367. The molecule has 0 atom stereocenters. The summed E-state index contributed by atoms with van der Waals surface area (Å²) in [5.41, 5.74) is 2.37. The Hall–Kier alpha value is -2.68. The van der Waals surface area contributed by atoms with Gasteiger partial charge in [0.1, 0.15) is 5.75 Å². The second-order valence-corrected chi connectivity index (χ2v) is 5.62. The summed E-state index contributed by atoms with van der Waals surface area (Å²) in [6, 6.07) is 16.1. The molecule has 1 saturated carbocycles. The fourth-order valence-corrected chi connectivity index (χ4v) is 2.63. The molecule has 0 heterocycles. The molecule has 3 rings (SSSR count). The van der Waals surface area contributed by atoms with Crippen molar-refractivity contribution in [1.29, 1.82) is 0 Å². The van der Waals surface area contributed by atoms with Gasteiger partial charge in [0, 0.05) is 6.42 Å². The van der Waals surface area contributed by atoms with Crippen LogP contribution >= 0.6 is 0 Å². The van der Waals surface area contributed by atoms with Gasteiger partial charge >= 0.3 is 5.97 Å². The summed E-state index contributed by atoms with van der Waals surface area (Å²) in [6.07, 6.45) is 5.50. The van der Waals surface area contributed by atoms with Gasteiger partial charge in [-0.25, -0.2) is 4.79 Å². The number of ketones is 1. The van der Waals surface area contributed by atoms with Crippen molar-refractivity contribution in [3.63, 3.8) is 0 Å². The summed E-state index contributed by atoms with van der Waals surface area (Å²) in [5, 5.41) is 0. The van der Waals surface area contributed by atoms with Crippen molar-refractivity contribution in [1.82, 2.24) is 0 Å². The maximum Gasteiger partial charge on any atom is 0.343 e. The second-order valence-electron chi connectivity index (χ2n) is 5.62. The Morgan fingerprint density at radius 3 is 2.30 bits per heavy atom. The van der Waals surface area contributed by atoms with Gasteiger partial charge in [-0.3, -0.25) is 4.79 Å². The van der Waals surface area contributed by atoms with Crippen LogP contribution in [0.25, 0.3) is 6.08 Å². The average molecular weight is 306 g/mol. The van der Waals surface area contributed by atoms with E-state index in [2.05, 4.69) is 0 Å². The minimum absolute atomic E-state index is 0.246. The van der Waals surface area contributed by atoms with Gasteiger partial charge in [-0.15, -0.1) is 0 Å². The Balaban J connectivity index is 1.69. The standard InChI is InChI=1S/C20H18O3/c21-19-9-5-4-8-17(19)14-15-10-12-18(13-11-15)23-20(22)16-6-2-1-3-7-16/h1-3,6-7,10-14H,4-5,8-9H2/b17-14-. The number of carbonyl (C=O) groups excluding carboxylic acids is 2. The zero-order chi connectivity index (χ0) is 16.1. The van der Waals surface area contributed by atoms with Gasteiger partial charge in [0.15, 0.2) is 5.78 Å². The molecular weight excluding hydrogens is 288 g/mol. The number of allylic oxidation sites excluding steroid dienone is 1. The van der Waals surface area contributed by atoms with E-state index in [0.29, 0.717) is 17.7 Å². The molecule has 0 aliphatic heterocycles. The van der Waals surface area contributed by atoms with Crippen molar-refractivity contribution in [2.24, 2.45) is 0 Å². The Kier molecular flexibility index (Phi) is 4.67. The van der Waals surface area contributed by atoms with E-state index < -0.39 is 0 Å². The molecule has 0 bridgehead atoms. The summed E-state index contributed by atoms with van der Waals surface area (Å²) < 4.78 is 5.34. The highest BCUT2D eigenvalue weighted by Crippen LogP contribution is 2.23. The predicted molar refractivity (Wildman–Crippen MR) is 89.3 cm³/mol. The Bertz CT molecular complexity index is 727. The van der Waals surface area contributed by atoms with Crippen LogP contribution in [0.2, 0.25) is 0 Å². The van der Waals surface area contributed by atoms with Crippen LogP contribution in [-0.4, -0.2) is 11.8 Å². The summed E-state index contributed by atoms with van der Waals surface area (Å²) in [6.45, 7) is 0. The largest absolute Gasteiger partial charge is 0.423 e. The lowest BCUT2D eigenvalue weighted by atomic mass is 9.92. The van der Waals surface area contributed by atoms with E-state index in [1.807, 2.05) is 24.3 Å². The number of ether oxygens (including phenoxy) is 1. The molecule has 0 radical (unpaired) electrons. The van der Waals surface area contributed by atoms with Gasteiger partial charge in [0.25, 0.3) is 0 Å². The van der Waals surface area contributed by atoms with E-state index in [1.165, 1.54) is 0 Å². The van der Waals surface area contributed by atoms with E-state index in [0.717, 1.165) is 30.4 Å². The SMILES string of the molecule is O=C1CCCC/C1=C/c1ccc(OC(=O)c2ccccc2)cc1. The molecule has 0 unspecified atom stereocenters. The van der Waals surface area contributed by atoms with Crippen LogP contribution in [0.3, 0.4) is 0 Å². The van der Waals surface area contributed by atoms with Gasteiger partial charge < -0.3 is 4.74 Å². The molecule has 0 spiro atoms. The van der Waals surface area contributed by atoms with Gasteiger partial charge in [0.2, 0.25) is 0 Å². The maximum atomic E-state index is 12.0. The van der Waals surface area contributed by atoms with Gasteiger partial charge in [-0.1, -0.05) is 30.3 Å². The molecule has 1 aliphatic carbocycles. The molecule has 0 N–H and O–H groups in total. The zero-order valence-electron chi connectivity index (χ0n) is 12.8. The first-order chi connectivity index (χ1) is 11.2. The van der Waals surface area contributed by atoms with Crippen LogP contribution < -0.4 is 4.74 Å². The molecule has 2 aromatic carbocycles. The molecule has 0 saturated heterocycles. The molecule has 1 aliphatic rings. The number of rotatable bonds is 3. The third-order valence-corrected chi connectivity index (χ3v) is 3.90. The van der Waals surface area contributed by atoms with E-state index in [9.17, 15) is 9.59 Å². The van der Waals surface area contributed by atoms with Gasteiger partial charge in [0.05, 0.1) is 5.56 Å². The first-order valence-corrected chi connectivity index (χ1v) is 7.83. The minimum atomic E-state index is -0.376. The van der Waals surface area contributed by atoms with Crippen LogP contribution in [0.15, 0.2) is 60.2 Å². The third kappa shape index (κ3) is 3.95. The molecule has 0 amide bonds. The first kappa shape index (κ1) is 15.2. The molecule has 3 heteroatoms. The number of benzene rings is 2. The minimum Gasteiger partial charge on any atom is -0.423 e. The number of hydrogen-bond donors (Lipinski definition) is 0. The highest BCUT2D eigenvalue weighted by Gasteiger charge is 2.14. The average Bonchev–Trinajstić information content (AvgIpc) is 2.59. The van der Waals surface area contributed by atoms with E-state index in [4.69, 9.17) is 4.74 Å². The molecule has 3 nitrogen and oxygen atoms in total. The van der Waals surface area contributed by atoms with Crippen LogP contribution in [0.1, 0.15) is 41.6 Å². The lowest BCUT2D eigenvalue weighted by molar-refractivity contribution is -0.116. The summed E-state index contributed by atoms with van der Waals surface area (Å²) >= 11 is 0. The lowest BCUT2D eigenvalue weighted by Crippen LogP contribution is -2.08. The summed E-state index contributed by atoms with van der Waals surface area (Å²) in [7, 11) is 0. The fourth-order valence-electron chi connectivity index (χ4n) is 2.63. The summed E-state index contributed by atoms with van der Waals surface area (Å²) in [4.78, 5) is 23.8. The van der Waals surface area contributed by atoms with Crippen molar-refractivity contribution < 1.29 is 14.3 Å². The van der Waals surface area contributed by atoms with Crippen LogP contribution in [0.4, 0.5) is 0 Å². The van der Waals surface area contributed by atoms with Gasteiger partial charge in [-0.05, 0) is 60.7 Å². The first-order valence-electron chi connectivity index (χ1n) is 7.83. The number of carbonyl (C=O) groups is 2. The van der Waals surface area contributed by atoms with Crippen molar-refractivity contribution >= 4 is 17.8 Å². The van der Waals surface area contributed by atoms with E-state index in [-0.39, 0.29) is 11.8 Å².